The van der Waals surface area contributed by atoms with E-state index in [1.165, 1.54) is 12.1 Å². The molecule has 17 heavy (non-hydrogen) atoms. The van der Waals surface area contributed by atoms with Gasteiger partial charge < -0.3 is 0 Å². The number of hydrogen-bond acceptors (Lipinski definition) is 1. The van der Waals surface area contributed by atoms with Gasteiger partial charge in [-0.05, 0) is 39.0 Å². The van der Waals surface area contributed by atoms with E-state index >= 15 is 0 Å². The molecule has 2 aromatic rings. The molecule has 0 saturated heterocycles. The maximum atomic E-state index is 13.4. The summed E-state index contributed by atoms with van der Waals surface area (Å²) in [5.74, 6) is -0.272. The van der Waals surface area contributed by atoms with Crippen LogP contribution in [0.25, 0.3) is 10.9 Å². The van der Waals surface area contributed by atoms with E-state index < -0.39 is 5.67 Å². The van der Waals surface area contributed by atoms with Crippen LogP contribution in [0, 0.1) is 12.7 Å². The molecule has 0 N–H and O–H groups in total. The minimum absolute atomic E-state index is 0.272. The Morgan fingerprint density at radius 2 is 2.06 bits per heavy atom. The van der Waals surface area contributed by atoms with Crippen LogP contribution >= 0.6 is 0 Å². The maximum absolute atomic E-state index is 13.4. The van der Waals surface area contributed by atoms with Gasteiger partial charge >= 0.3 is 0 Å². The summed E-state index contributed by atoms with van der Waals surface area (Å²) in [4.78, 5) is 0. The maximum Gasteiger partial charge on any atom is 0.124 e. The Kier molecular flexibility index (Phi) is 2.89. The van der Waals surface area contributed by atoms with E-state index in [1.807, 2.05) is 6.92 Å². The largest absolute Gasteiger partial charge is 0.264 e. The quantitative estimate of drug-likeness (QED) is 0.798. The van der Waals surface area contributed by atoms with Gasteiger partial charge in [0.05, 0.1) is 11.2 Å². The van der Waals surface area contributed by atoms with Crippen LogP contribution in [0.1, 0.15) is 26.0 Å². The second-order valence-electron chi connectivity index (χ2n) is 4.94. The third kappa shape index (κ3) is 2.62. The van der Waals surface area contributed by atoms with Crippen molar-refractivity contribution in [2.45, 2.75) is 39.4 Å². The van der Waals surface area contributed by atoms with E-state index in [2.05, 4.69) is 5.10 Å². The summed E-state index contributed by atoms with van der Waals surface area (Å²) < 4.78 is 28.3. The van der Waals surface area contributed by atoms with Crippen molar-refractivity contribution in [1.82, 2.24) is 9.78 Å². The van der Waals surface area contributed by atoms with E-state index in [9.17, 15) is 8.78 Å². The standard InChI is InChI=1S/C13H16F2N2/c1-9-11-8-10(14)4-5-12(11)17(16-9)7-6-13(2,3)15/h4-5,8H,6-7H2,1-3H3. The van der Waals surface area contributed by atoms with Gasteiger partial charge in [-0.2, -0.15) is 5.10 Å². The molecule has 0 aliphatic carbocycles. The monoisotopic (exact) mass is 238 g/mol. The molecule has 0 saturated carbocycles. The third-order valence-electron chi connectivity index (χ3n) is 2.82. The van der Waals surface area contributed by atoms with Crippen LogP contribution in [0.3, 0.4) is 0 Å². The van der Waals surface area contributed by atoms with Crippen molar-refractivity contribution in [2.75, 3.05) is 0 Å². The molecule has 0 spiro atoms. The molecule has 0 bridgehead atoms. The van der Waals surface area contributed by atoms with Gasteiger partial charge in [0.25, 0.3) is 0 Å². The van der Waals surface area contributed by atoms with E-state index in [0.717, 1.165) is 16.6 Å². The van der Waals surface area contributed by atoms with Gasteiger partial charge in [-0.3, -0.25) is 4.68 Å². The first kappa shape index (κ1) is 12.0. The third-order valence-corrected chi connectivity index (χ3v) is 2.82. The molecular weight excluding hydrogens is 222 g/mol. The Hall–Kier alpha value is -1.45. The normalized spacial score (nSPS) is 12.3. The second-order valence-corrected chi connectivity index (χ2v) is 4.94. The average molecular weight is 238 g/mol. The SMILES string of the molecule is Cc1nn(CCC(C)(C)F)c2ccc(F)cc12. The molecule has 0 fully saturated rings. The predicted molar refractivity (Wildman–Crippen MR) is 64.2 cm³/mol. The highest BCUT2D eigenvalue weighted by molar-refractivity contribution is 5.81. The zero-order valence-corrected chi connectivity index (χ0v) is 10.3. The summed E-state index contributed by atoms with van der Waals surface area (Å²) in [6.45, 7) is 5.43. The van der Waals surface area contributed by atoms with Gasteiger partial charge in [-0.15, -0.1) is 0 Å². The molecule has 0 amide bonds. The fraction of sp³-hybridized carbons (Fsp3) is 0.462. The lowest BCUT2D eigenvalue weighted by molar-refractivity contribution is 0.190. The number of aromatic nitrogens is 2. The summed E-state index contributed by atoms with van der Waals surface area (Å²) in [7, 11) is 0. The highest BCUT2D eigenvalue weighted by Gasteiger charge is 2.16. The van der Waals surface area contributed by atoms with Crippen LogP contribution in [0.2, 0.25) is 0 Å². The van der Waals surface area contributed by atoms with Crippen molar-refractivity contribution in [2.24, 2.45) is 0 Å². The van der Waals surface area contributed by atoms with Gasteiger partial charge in [0.1, 0.15) is 11.5 Å². The van der Waals surface area contributed by atoms with Crippen LogP contribution in [0.15, 0.2) is 18.2 Å². The summed E-state index contributed by atoms with van der Waals surface area (Å²) >= 11 is 0. The van der Waals surface area contributed by atoms with Gasteiger partial charge in [0.2, 0.25) is 0 Å². The number of aryl methyl sites for hydroxylation is 2. The molecule has 92 valence electrons. The highest BCUT2D eigenvalue weighted by atomic mass is 19.1. The van der Waals surface area contributed by atoms with Crippen LogP contribution in [0.5, 0.6) is 0 Å². The lowest BCUT2D eigenvalue weighted by Crippen LogP contribution is -2.16. The Balaban J connectivity index is 2.36. The minimum atomic E-state index is -1.22. The van der Waals surface area contributed by atoms with Crippen molar-refractivity contribution in [3.63, 3.8) is 0 Å². The van der Waals surface area contributed by atoms with E-state index in [1.54, 1.807) is 24.6 Å². The molecule has 0 aliphatic rings. The van der Waals surface area contributed by atoms with Crippen LogP contribution in [0.4, 0.5) is 8.78 Å². The number of halogens is 2. The molecular formula is C13H16F2N2. The molecule has 2 nitrogen and oxygen atoms in total. The lowest BCUT2D eigenvalue weighted by atomic mass is 10.1. The van der Waals surface area contributed by atoms with E-state index in [4.69, 9.17) is 0 Å². The van der Waals surface area contributed by atoms with Gasteiger partial charge in [-0.25, -0.2) is 8.78 Å². The average Bonchev–Trinajstić information content (AvgIpc) is 2.52. The fourth-order valence-corrected chi connectivity index (χ4v) is 1.85. The molecule has 1 aromatic carbocycles. The first-order valence-electron chi connectivity index (χ1n) is 5.68. The number of fused-ring (bicyclic) bond motifs is 1. The highest BCUT2D eigenvalue weighted by Crippen LogP contribution is 2.21. The van der Waals surface area contributed by atoms with Crippen molar-refractivity contribution >= 4 is 10.9 Å². The molecule has 4 heteroatoms. The lowest BCUT2D eigenvalue weighted by Gasteiger charge is -2.13. The number of hydrogen-bond donors (Lipinski definition) is 0. The summed E-state index contributed by atoms with van der Waals surface area (Å²) in [5, 5.41) is 5.11. The van der Waals surface area contributed by atoms with Crippen molar-refractivity contribution in [3.05, 3.63) is 29.7 Å². The Bertz CT molecular complexity index is 538. The smallest absolute Gasteiger partial charge is 0.124 e. The molecule has 0 unspecified atom stereocenters. The number of benzene rings is 1. The second kappa shape index (κ2) is 4.09. The van der Waals surface area contributed by atoms with Crippen LogP contribution < -0.4 is 0 Å². The molecule has 1 heterocycles. The number of rotatable bonds is 3. The van der Waals surface area contributed by atoms with E-state index in [0.29, 0.717) is 13.0 Å². The molecule has 0 atom stereocenters. The Morgan fingerprint density at radius 3 is 2.71 bits per heavy atom. The first-order chi connectivity index (χ1) is 7.87. The minimum Gasteiger partial charge on any atom is -0.264 e. The van der Waals surface area contributed by atoms with Crippen LogP contribution in [-0.4, -0.2) is 15.4 Å². The first-order valence-corrected chi connectivity index (χ1v) is 5.68. The van der Waals surface area contributed by atoms with Crippen molar-refractivity contribution < 1.29 is 8.78 Å². The van der Waals surface area contributed by atoms with Crippen LogP contribution in [-0.2, 0) is 6.54 Å². The Morgan fingerprint density at radius 1 is 1.35 bits per heavy atom. The Labute approximate surface area is 99.2 Å². The number of nitrogens with zero attached hydrogens (tertiary/aromatic N) is 2. The molecule has 1 aromatic heterocycles. The number of alkyl halides is 1. The predicted octanol–water partition coefficient (Wildman–Crippen LogP) is 3.62. The van der Waals surface area contributed by atoms with Gasteiger partial charge in [0.15, 0.2) is 0 Å². The van der Waals surface area contributed by atoms with Gasteiger partial charge in [-0.1, -0.05) is 0 Å². The fourth-order valence-electron chi connectivity index (χ4n) is 1.85. The summed E-state index contributed by atoms with van der Waals surface area (Å²) in [5.41, 5.74) is 0.413. The van der Waals surface area contributed by atoms with E-state index in [-0.39, 0.29) is 5.82 Å². The topological polar surface area (TPSA) is 17.8 Å². The molecule has 0 radical (unpaired) electrons. The summed E-state index contributed by atoms with van der Waals surface area (Å²) in [6, 6.07) is 4.56. The van der Waals surface area contributed by atoms with Crippen molar-refractivity contribution in [3.8, 4) is 0 Å². The molecule has 2 rings (SSSR count). The van der Waals surface area contributed by atoms with Crippen molar-refractivity contribution in [1.29, 1.82) is 0 Å². The summed E-state index contributed by atoms with van der Waals surface area (Å²) in [6.07, 6.45) is 0.389. The van der Waals surface area contributed by atoms with Gasteiger partial charge in [0, 0.05) is 18.4 Å². The zero-order chi connectivity index (χ0) is 12.6. The molecule has 0 aliphatic heterocycles. The zero-order valence-electron chi connectivity index (χ0n) is 10.3.